The van der Waals surface area contributed by atoms with E-state index in [2.05, 4.69) is 19.2 Å². The van der Waals surface area contributed by atoms with Gasteiger partial charge >= 0.3 is 0 Å². The van der Waals surface area contributed by atoms with Crippen molar-refractivity contribution in [2.24, 2.45) is 11.8 Å². The summed E-state index contributed by atoms with van der Waals surface area (Å²) < 4.78 is 12.7. The highest BCUT2D eigenvalue weighted by molar-refractivity contribution is 4.81. The maximum atomic E-state index is 12.7. The Labute approximate surface area is 68.4 Å². The summed E-state index contributed by atoms with van der Waals surface area (Å²) in [5.74, 6) is 0.988. The van der Waals surface area contributed by atoms with Crippen LogP contribution >= 0.6 is 0 Å². The van der Waals surface area contributed by atoms with Crippen LogP contribution in [0.4, 0.5) is 4.39 Å². The molecule has 1 aliphatic carbocycles. The molecule has 66 valence electrons. The molecule has 1 N–H and O–H groups in total. The molecule has 1 saturated carbocycles. The molecule has 0 spiro atoms. The average molecular weight is 159 g/mol. The molecule has 0 saturated heterocycles. The lowest BCUT2D eigenvalue weighted by molar-refractivity contribution is 0.111. The topological polar surface area (TPSA) is 12.0 Å². The lowest BCUT2D eigenvalue weighted by Gasteiger charge is -2.30. The van der Waals surface area contributed by atoms with Gasteiger partial charge in [0, 0.05) is 12.5 Å². The van der Waals surface area contributed by atoms with Crippen LogP contribution in [0.3, 0.4) is 0 Å². The Hall–Kier alpha value is -0.110. The maximum absolute atomic E-state index is 12.7. The summed E-state index contributed by atoms with van der Waals surface area (Å²) in [5.41, 5.74) is 0. The molecule has 1 aliphatic rings. The van der Waals surface area contributed by atoms with Crippen LogP contribution in [0.1, 0.15) is 26.7 Å². The normalized spacial score (nSPS) is 30.5. The quantitative estimate of drug-likeness (QED) is 0.661. The fourth-order valence-corrected chi connectivity index (χ4v) is 1.32. The van der Waals surface area contributed by atoms with E-state index in [1.54, 1.807) is 0 Å². The first kappa shape index (κ1) is 8.98. The van der Waals surface area contributed by atoms with E-state index in [1.165, 1.54) is 0 Å². The van der Waals surface area contributed by atoms with E-state index in [0.717, 1.165) is 25.9 Å². The number of hydrogen-bond donors (Lipinski definition) is 1. The Morgan fingerprint density at radius 1 is 1.45 bits per heavy atom. The third-order valence-corrected chi connectivity index (χ3v) is 2.28. The predicted molar refractivity (Wildman–Crippen MR) is 45.3 cm³/mol. The van der Waals surface area contributed by atoms with E-state index in [-0.39, 0.29) is 0 Å². The van der Waals surface area contributed by atoms with Crippen LogP contribution in [0.15, 0.2) is 0 Å². The lowest BCUT2D eigenvalue weighted by atomic mass is 9.83. The van der Waals surface area contributed by atoms with Crippen molar-refractivity contribution in [3.63, 3.8) is 0 Å². The smallest absolute Gasteiger partial charge is 0.104 e. The molecule has 11 heavy (non-hydrogen) atoms. The van der Waals surface area contributed by atoms with Gasteiger partial charge in [0.05, 0.1) is 0 Å². The summed E-state index contributed by atoms with van der Waals surface area (Å²) in [4.78, 5) is 0. The second-order valence-electron chi connectivity index (χ2n) is 3.91. The summed E-state index contributed by atoms with van der Waals surface area (Å²) >= 11 is 0. The monoisotopic (exact) mass is 159 g/mol. The van der Waals surface area contributed by atoms with Gasteiger partial charge in [-0.05, 0) is 25.3 Å². The van der Waals surface area contributed by atoms with Crippen LogP contribution in [-0.4, -0.2) is 19.3 Å². The fourth-order valence-electron chi connectivity index (χ4n) is 1.32. The number of alkyl halides is 1. The molecule has 0 aromatic heterocycles. The van der Waals surface area contributed by atoms with Crippen molar-refractivity contribution in [2.75, 3.05) is 13.1 Å². The van der Waals surface area contributed by atoms with Crippen molar-refractivity contribution in [3.05, 3.63) is 0 Å². The van der Waals surface area contributed by atoms with E-state index in [9.17, 15) is 4.39 Å². The largest absolute Gasteiger partial charge is 0.316 e. The molecule has 0 aromatic carbocycles. The standard InChI is InChI=1S/C9H18FN/c1-7(2)5-11-6-8-3-4-9(8)10/h7-9,11H,3-6H2,1-2H3. The summed E-state index contributed by atoms with van der Waals surface area (Å²) in [7, 11) is 0. The second kappa shape index (κ2) is 4.05. The minimum absolute atomic E-state index is 0.314. The molecule has 0 bridgehead atoms. The van der Waals surface area contributed by atoms with E-state index in [4.69, 9.17) is 0 Å². The third-order valence-electron chi connectivity index (χ3n) is 2.28. The van der Waals surface area contributed by atoms with Crippen LogP contribution in [0.2, 0.25) is 0 Å². The first-order valence-electron chi connectivity index (χ1n) is 4.55. The first-order valence-corrected chi connectivity index (χ1v) is 4.55. The Bertz CT molecular complexity index is 114. The molecule has 0 radical (unpaired) electrons. The van der Waals surface area contributed by atoms with Gasteiger partial charge in [-0.1, -0.05) is 13.8 Å². The molecular weight excluding hydrogens is 141 g/mol. The maximum Gasteiger partial charge on any atom is 0.104 e. The van der Waals surface area contributed by atoms with Crippen molar-refractivity contribution in [1.29, 1.82) is 0 Å². The number of rotatable bonds is 4. The molecule has 0 heterocycles. The van der Waals surface area contributed by atoms with Crippen LogP contribution in [0.25, 0.3) is 0 Å². The first-order chi connectivity index (χ1) is 5.20. The summed E-state index contributed by atoms with van der Waals surface area (Å²) in [6.07, 6.45) is 1.34. The van der Waals surface area contributed by atoms with Gasteiger partial charge in [-0.25, -0.2) is 4.39 Å². The molecule has 2 heteroatoms. The summed E-state index contributed by atoms with van der Waals surface area (Å²) in [6, 6.07) is 0. The Morgan fingerprint density at radius 2 is 2.18 bits per heavy atom. The highest BCUT2D eigenvalue weighted by Gasteiger charge is 2.29. The SMILES string of the molecule is CC(C)CNCC1CCC1F. The van der Waals surface area contributed by atoms with Crippen molar-refractivity contribution < 1.29 is 4.39 Å². The van der Waals surface area contributed by atoms with Gasteiger partial charge in [0.2, 0.25) is 0 Å². The molecule has 2 unspecified atom stereocenters. The van der Waals surface area contributed by atoms with Gasteiger partial charge < -0.3 is 5.32 Å². The van der Waals surface area contributed by atoms with Crippen LogP contribution in [-0.2, 0) is 0 Å². The van der Waals surface area contributed by atoms with Gasteiger partial charge in [0.15, 0.2) is 0 Å². The lowest BCUT2D eigenvalue weighted by Crippen LogP contribution is -2.37. The van der Waals surface area contributed by atoms with E-state index in [0.29, 0.717) is 11.8 Å². The van der Waals surface area contributed by atoms with E-state index in [1.807, 2.05) is 0 Å². The Balaban J connectivity index is 1.95. The number of nitrogens with one attached hydrogen (secondary N) is 1. The highest BCUT2D eigenvalue weighted by Crippen LogP contribution is 2.29. The van der Waals surface area contributed by atoms with E-state index >= 15 is 0 Å². The predicted octanol–water partition coefficient (Wildman–Crippen LogP) is 1.98. The van der Waals surface area contributed by atoms with E-state index < -0.39 is 6.17 Å². The molecule has 1 nitrogen and oxygen atoms in total. The zero-order valence-electron chi connectivity index (χ0n) is 7.44. The van der Waals surface area contributed by atoms with Gasteiger partial charge in [-0.3, -0.25) is 0 Å². The number of hydrogen-bond acceptors (Lipinski definition) is 1. The Kier molecular flexibility index (Phi) is 3.31. The molecule has 2 atom stereocenters. The second-order valence-corrected chi connectivity index (χ2v) is 3.91. The summed E-state index contributed by atoms with van der Waals surface area (Å²) in [6.45, 7) is 6.23. The minimum atomic E-state index is -0.519. The van der Waals surface area contributed by atoms with Gasteiger partial charge in [-0.2, -0.15) is 0 Å². The third kappa shape index (κ3) is 2.78. The van der Waals surface area contributed by atoms with Gasteiger partial charge in [0.1, 0.15) is 6.17 Å². The molecule has 0 aromatic rings. The minimum Gasteiger partial charge on any atom is -0.316 e. The average Bonchev–Trinajstić information content (AvgIpc) is 1.94. The van der Waals surface area contributed by atoms with Crippen LogP contribution < -0.4 is 5.32 Å². The zero-order valence-corrected chi connectivity index (χ0v) is 7.44. The van der Waals surface area contributed by atoms with Crippen LogP contribution in [0.5, 0.6) is 0 Å². The molecule has 0 amide bonds. The van der Waals surface area contributed by atoms with Crippen molar-refractivity contribution in [2.45, 2.75) is 32.9 Å². The van der Waals surface area contributed by atoms with Crippen molar-refractivity contribution >= 4 is 0 Å². The zero-order chi connectivity index (χ0) is 8.27. The molecule has 0 aliphatic heterocycles. The Morgan fingerprint density at radius 3 is 2.55 bits per heavy atom. The molecular formula is C9H18FN. The molecule has 1 fully saturated rings. The number of halogens is 1. The van der Waals surface area contributed by atoms with Gasteiger partial charge in [0.25, 0.3) is 0 Å². The van der Waals surface area contributed by atoms with Gasteiger partial charge in [-0.15, -0.1) is 0 Å². The fraction of sp³-hybridized carbons (Fsp3) is 1.00. The molecule has 1 rings (SSSR count). The van der Waals surface area contributed by atoms with Crippen molar-refractivity contribution in [3.8, 4) is 0 Å². The van der Waals surface area contributed by atoms with Crippen molar-refractivity contribution in [1.82, 2.24) is 5.32 Å². The summed E-state index contributed by atoms with van der Waals surface area (Å²) in [5, 5.41) is 3.28. The van der Waals surface area contributed by atoms with Crippen LogP contribution in [0, 0.1) is 11.8 Å². The highest BCUT2D eigenvalue weighted by atomic mass is 19.1.